The van der Waals surface area contributed by atoms with Gasteiger partial charge in [-0.25, -0.2) is 0 Å². The van der Waals surface area contributed by atoms with Crippen molar-refractivity contribution in [3.63, 3.8) is 0 Å². The molecule has 0 bridgehead atoms. The number of likely N-dealkylation sites (N-methyl/N-ethyl adjacent to an activating group) is 2. The first-order chi connectivity index (χ1) is 6.72. The molecule has 0 aromatic carbocycles. The van der Waals surface area contributed by atoms with Crippen LogP contribution in [0.5, 0.6) is 0 Å². The summed E-state index contributed by atoms with van der Waals surface area (Å²) < 4.78 is 5.18. The van der Waals surface area contributed by atoms with Crippen molar-refractivity contribution in [2.45, 2.75) is 19.8 Å². The lowest BCUT2D eigenvalue weighted by Gasteiger charge is -2.16. The molecule has 0 saturated carbocycles. The van der Waals surface area contributed by atoms with Gasteiger partial charge in [-0.15, -0.1) is 0 Å². The van der Waals surface area contributed by atoms with Crippen LogP contribution in [-0.4, -0.2) is 51.2 Å². The topological polar surface area (TPSA) is 41.6 Å². The maximum absolute atomic E-state index is 11.4. The second kappa shape index (κ2) is 8.97. The fourth-order valence-corrected chi connectivity index (χ4v) is 0.964. The molecule has 0 aromatic heterocycles. The monoisotopic (exact) mass is 202 g/mol. The van der Waals surface area contributed by atoms with Gasteiger partial charge in [0.1, 0.15) is 6.61 Å². The van der Waals surface area contributed by atoms with Crippen molar-refractivity contribution in [2.24, 2.45) is 0 Å². The lowest BCUT2D eigenvalue weighted by atomic mass is 10.3. The molecule has 0 saturated heterocycles. The number of carbonyl (C=O) groups is 1. The van der Waals surface area contributed by atoms with E-state index in [2.05, 4.69) is 12.2 Å². The normalized spacial score (nSPS) is 10.2. The van der Waals surface area contributed by atoms with E-state index in [1.165, 1.54) is 0 Å². The largest absolute Gasteiger partial charge is 0.370 e. The third kappa shape index (κ3) is 6.86. The Bertz CT molecular complexity index is 151. The number of amides is 1. The zero-order valence-electron chi connectivity index (χ0n) is 9.51. The second-order valence-corrected chi connectivity index (χ2v) is 3.32. The number of hydrogen-bond donors (Lipinski definition) is 1. The number of unbranched alkanes of at least 4 members (excludes halogenated alkanes) is 1. The molecule has 0 aromatic rings. The molecule has 0 fully saturated rings. The zero-order valence-corrected chi connectivity index (χ0v) is 9.51. The van der Waals surface area contributed by atoms with Crippen molar-refractivity contribution in [2.75, 3.05) is 40.4 Å². The van der Waals surface area contributed by atoms with Crippen LogP contribution < -0.4 is 5.32 Å². The number of carbonyl (C=O) groups excluding carboxylic acids is 1. The van der Waals surface area contributed by atoms with E-state index >= 15 is 0 Å². The van der Waals surface area contributed by atoms with Crippen molar-refractivity contribution in [3.05, 3.63) is 0 Å². The van der Waals surface area contributed by atoms with Crippen molar-refractivity contribution in [3.8, 4) is 0 Å². The Morgan fingerprint density at radius 3 is 2.79 bits per heavy atom. The lowest BCUT2D eigenvalue weighted by Crippen LogP contribution is -2.31. The van der Waals surface area contributed by atoms with E-state index in [0.29, 0.717) is 6.61 Å². The van der Waals surface area contributed by atoms with Crippen LogP contribution in [0.25, 0.3) is 0 Å². The molecule has 1 N–H and O–H groups in total. The number of nitrogens with one attached hydrogen (secondary N) is 1. The molecule has 0 radical (unpaired) electrons. The van der Waals surface area contributed by atoms with Gasteiger partial charge in [0.25, 0.3) is 0 Å². The van der Waals surface area contributed by atoms with Crippen LogP contribution in [0.1, 0.15) is 19.8 Å². The van der Waals surface area contributed by atoms with Crippen LogP contribution in [0, 0.1) is 0 Å². The molecule has 0 spiro atoms. The fraction of sp³-hybridized carbons (Fsp3) is 0.900. The molecule has 14 heavy (non-hydrogen) atoms. The van der Waals surface area contributed by atoms with Crippen molar-refractivity contribution < 1.29 is 9.53 Å². The maximum Gasteiger partial charge on any atom is 0.248 e. The summed E-state index contributed by atoms with van der Waals surface area (Å²) in [4.78, 5) is 13.1. The Kier molecular flexibility index (Phi) is 8.57. The van der Waals surface area contributed by atoms with E-state index in [4.69, 9.17) is 4.74 Å². The van der Waals surface area contributed by atoms with Crippen molar-refractivity contribution in [1.82, 2.24) is 10.2 Å². The number of ether oxygens (including phenoxy) is 1. The summed E-state index contributed by atoms with van der Waals surface area (Å²) in [5.41, 5.74) is 0. The molecule has 4 heteroatoms. The Hall–Kier alpha value is -0.610. The molecule has 0 atom stereocenters. The van der Waals surface area contributed by atoms with Gasteiger partial charge < -0.3 is 15.0 Å². The lowest BCUT2D eigenvalue weighted by molar-refractivity contribution is -0.134. The third-order valence-electron chi connectivity index (χ3n) is 1.99. The number of nitrogens with zero attached hydrogens (tertiary/aromatic N) is 1. The van der Waals surface area contributed by atoms with Gasteiger partial charge in [-0.2, -0.15) is 0 Å². The fourth-order valence-electron chi connectivity index (χ4n) is 0.964. The number of rotatable bonds is 8. The molecule has 0 unspecified atom stereocenters. The molecule has 0 rings (SSSR count). The maximum atomic E-state index is 11.4. The van der Waals surface area contributed by atoms with Gasteiger partial charge in [0.15, 0.2) is 0 Å². The molecule has 4 nitrogen and oxygen atoms in total. The minimum absolute atomic E-state index is 0.0644. The van der Waals surface area contributed by atoms with E-state index < -0.39 is 0 Å². The summed E-state index contributed by atoms with van der Waals surface area (Å²) in [5, 5.41) is 2.96. The van der Waals surface area contributed by atoms with Gasteiger partial charge in [-0.1, -0.05) is 13.3 Å². The van der Waals surface area contributed by atoms with Gasteiger partial charge in [0.05, 0.1) is 6.61 Å². The summed E-state index contributed by atoms with van der Waals surface area (Å²) >= 11 is 0. The van der Waals surface area contributed by atoms with E-state index in [9.17, 15) is 4.79 Å². The Labute approximate surface area is 86.6 Å². The molecule has 0 aliphatic carbocycles. The highest BCUT2D eigenvalue weighted by molar-refractivity contribution is 5.77. The predicted octanol–water partition coefficient (Wildman–Crippen LogP) is 0.481. The quantitative estimate of drug-likeness (QED) is 0.582. The summed E-state index contributed by atoms with van der Waals surface area (Å²) in [6.07, 6.45) is 2.16. The van der Waals surface area contributed by atoms with Gasteiger partial charge in [0, 0.05) is 20.1 Å². The average Bonchev–Trinajstić information content (AvgIpc) is 2.20. The van der Waals surface area contributed by atoms with Crippen LogP contribution in [0.4, 0.5) is 0 Å². The first-order valence-corrected chi connectivity index (χ1v) is 5.18. The summed E-state index contributed by atoms with van der Waals surface area (Å²) in [5.74, 6) is 0.0644. The molecule has 0 aliphatic heterocycles. The SMILES string of the molecule is CCCCN(C)C(=O)COCCNC. The Morgan fingerprint density at radius 2 is 2.21 bits per heavy atom. The highest BCUT2D eigenvalue weighted by atomic mass is 16.5. The molecule has 0 heterocycles. The first-order valence-electron chi connectivity index (χ1n) is 5.18. The second-order valence-electron chi connectivity index (χ2n) is 3.32. The molecule has 1 amide bonds. The molecule has 0 aliphatic rings. The van der Waals surface area contributed by atoms with Crippen LogP contribution in [0.2, 0.25) is 0 Å². The highest BCUT2D eigenvalue weighted by Crippen LogP contribution is 1.92. The van der Waals surface area contributed by atoms with E-state index in [1.54, 1.807) is 4.90 Å². The van der Waals surface area contributed by atoms with Crippen molar-refractivity contribution in [1.29, 1.82) is 0 Å². The predicted molar refractivity (Wildman–Crippen MR) is 57.3 cm³/mol. The highest BCUT2D eigenvalue weighted by Gasteiger charge is 2.06. The summed E-state index contributed by atoms with van der Waals surface area (Å²) in [7, 11) is 3.68. The zero-order chi connectivity index (χ0) is 10.8. The molecule has 84 valence electrons. The minimum Gasteiger partial charge on any atom is -0.370 e. The molecular weight excluding hydrogens is 180 g/mol. The average molecular weight is 202 g/mol. The van der Waals surface area contributed by atoms with E-state index in [1.807, 2.05) is 14.1 Å². The van der Waals surface area contributed by atoms with Crippen LogP contribution in [0.3, 0.4) is 0 Å². The van der Waals surface area contributed by atoms with Gasteiger partial charge in [-0.05, 0) is 13.5 Å². The molecular formula is C10H22N2O2. The van der Waals surface area contributed by atoms with Gasteiger partial charge >= 0.3 is 0 Å². The van der Waals surface area contributed by atoms with Crippen LogP contribution >= 0.6 is 0 Å². The van der Waals surface area contributed by atoms with E-state index in [0.717, 1.165) is 25.9 Å². The Balaban J connectivity index is 3.42. The van der Waals surface area contributed by atoms with Gasteiger partial charge in [-0.3, -0.25) is 4.79 Å². The first kappa shape index (κ1) is 13.4. The summed E-state index contributed by atoms with van der Waals surface area (Å²) in [6, 6.07) is 0. The van der Waals surface area contributed by atoms with Gasteiger partial charge in [0.2, 0.25) is 5.91 Å². The Morgan fingerprint density at radius 1 is 1.50 bits per heavy atom. The summed E-state index contributed by atoms with van der Waals surface area (Å²) in [6.45, 7) is 4.50. The standard InChI is InChI=1S/C10H22N2O2/c1-4-5-7-12(3)10(13)9-14-8-6-11-2/h11H,4-9H2,1-3H3. The third-order valence-corrected chi connectivity index (χ3v) is 1.99. The smallest absolute Gasteiger partial charge is 0.248 e. The van der Waals surface area contributed by atoms with E-state index in [-0.39, 0.29) is 12.5 Å². The van der Waals surface area contributed by atoms with Crippen molar-refractivity contribution >= 4 is 5.91 Å². The van der Waals surface area contributed by atoms with Crippen LogP contribution in [-0.2, 0) is 9.53 Å². The minimum atomic E-state index is 0.0644. The number of hydrogen-bond acceptors (Lipinski definition) is 3. The van der Waals surface area contributed by atoms with Crippen LogP contribution in [0.15, 0.2) is 0 Å².